The molecule has 1 saturated heterocycles. The van der Waals surface area contributed by atoms with Crippen molar-refractivity contribution in [2.24, 2.45) is 0 Å². The molecule has 4 nitrogen and oxygen atoms in total. The maximum absolute atomic E-state index is 4.41. The molecule has 0 saturated carbocycles. The van der Waals surface area contributed by atoms with E-state index in [1.54, 1.807) is 0 Å². The smallest absolute Gasteiger partial charge is 0.128 e. The van der Waals surface area contributed by atoms with Gasteiger partial charge in [-0.05, 0) is 45.1 Å². The molecule has 1 aliphatic heterocycles. The molecule has 0 radical (unpaired) electrons. The molecule has 0 amide bonds. The number of likely N-dealkylation sites (tertiary alicyclic amines) is 1. The van der Waals surface area contributed by atoms with Crippen LogP contribution in [0.25, 0.3) is 10.8 Å². The summed E-state index contributed by atoms with van der Waals surface area (Å²) in [6, 6.07) is 11.2. The van der Waals surface area contributed by atoms with Gasteiger partial charge in [-0.3, -0.25) is 14.6 Å². The fourth-order valence-electron chi connectivity index (χ4n) is 2.85. The van der Waals surface area contributed by atoms with Crippen LogP contribution in [0.3, 0.4) is 0 Å². The van der Waals surface area contributed by atoms with E-state index >= 15 is 0 Å². The lowest BCUT2D eigenvalue weighted by molar-refractivity contribution is 0.0907. The Balaban J connectivity index is 1.42. The third-order valence-corrected chi connectivity index (χ3v) is 4.42. The molecule has 0 unspecified atom stereocenters. The quantitative estimate of drug-likeness (QED) is 0.732. The van der Waals surface area contributed by atoms with E-state index in [1.165, 1.54) is 16.3 Å². The lowest BCUT2D eigenvalue weighted by atomic mass is 10.1. The van der Waals surface area contributed by atoms with Gasteiger partial charge >= 0.3 is 0 Å². The Bertz CT molecular complexity index is 777. The number of halogens is 1. The number of hydrogen-bond donors (Lipinski definition) is 0. The molecule has 1 fully saturated rings. The largest absolute Gasteiger partial charge is 0.295 e. The zero-order valence-electron chi connectivity index (χ0n) is 11.5. The van der Waals surface area contributed by atoms with Gasteiger partial charge in [0.1, 0.15) is 4.60 Å². The predicted octanol–water partition coefficient (Wildman–Crippen LogP) is 3.25. The molecule has 3 aromatic rings. The summed E-state index contributed by atoms with van der Waals surface area (Å²) in [6.45, 7) is 3.10. The fraction of sp³-hybridized carbons (Fsp3) is 0.250. The summed E-state index contributed by atoms with van der Waals surface area (Å²) in [7, 11) is 0. The van der Waals surface area contributed by atoms with Crippen LogP contribution in [-0.4, -0.2) is 32.8 Å². The normalized spacial score (nSPS) is 16.2. The van der Waals surface area contributed by atoms with E-state index in [9.17, 15) is 0 Å². The first-order valence-corrected chi connectivity index (χ1v) is 7.83. The van der Waals surface area contributed by atoms with Gasteiger partial charge in [-0.1, -0.05) is 12.1 Å². The molecule has 5 heteroatoms. The minimum Gasteiger partial charge on any atom is -0.295 e. The van der Waals surface area contributed by atoms with Crippen molar-refractivity contribution in [3.63, 3.8) is 0 Å². The summed E-state index contributed by atoms with van der Waals surface area (Å²) in [6.07, 6.45) is 5.80. The molecule has 0 bridgehead atoms. The van der Waals surface area contributed by atoms with E-state index < -0.39 is 0 Å². The van der Waals surface area contributed by atoms with Crippen LogP contribution in [0, 0.1) is 0 Å². The first kappa shape index (κ1) is 13.0. The third kappa shape index (κ3) is 2.59. The van der Waals surface area contributed by atoms with Crippen molar-refractivity contribution in [1.82, 2.24) is 19.7 Å². The van der Waals surface area contributed by atoms with E-state index in [0.717, 1.165) is 24.2 Å². The number of benzene rings is 1. The third-order valence-electron chi connectivity index (χ3n) is 4.00. The van der Waals surface area contributed by atoms with E-state index in [1.807, 2.05) is 35.4 Å². The average Bonchev–Trinajstić information content (AvgIpc) is 2.88. The van der Waals surface area contributed by atoms with Gasteiger partial charge in [-0.25, -0.2) is 0 Å². The zero-order valence-corrected chi connectivity index (χ0v) is 13.1. The highest BCUT2D eigenvalue weighted by Crippen LogP contribution is 2.24. The Labute approximate surface area is 131 Å². The van der Waals surface area contributed by atoms with E-state index in [-0.39, 0.29) is 0 Å². The van der Waals surface area contributed by atoms with E-state index in [2.05, 4.69) is 49.1 Å². The van der Waals surface area contributed by atoms with E-state index in [4.69, 9.17) is 0 Å². The summed E-state index contributed by atoms with van der Waals surface area (Å²) in [5.41, 5.74) is 1.34. The Kier molecular flexibility index (Phi) is 3.24. The van der Waals surface area contributed by atoms with Crippen molar-refractivity contribution in [3.05, 3.63) is 59.1 Å². The molecular weight excluding hydrogens is 328 g/mol. The number of aromatic nitrogens is 3. The van der Waals surface area contributed by atoms with Crippen molar-refractivity contribution < 1.29 is 0 Å². The maximum Gasteiger partial charge on any atom is 0.128 e. The summed E-state index contributed by atoms with van der Waals surface area (Å²) >= 11 is 3.39. The van der Waals surface area contributed by atoms with Crippen molar-refractivity contribution in [2.45, 2.75) is 12.6 Å². The van der Waals surface area contributed by atoms with Crippen LogP contribution in [-0.2, 0) is 6.54 Å². The van der Waals surface area contributed by atoms with Crippen LogP contribution in [0.15, 0.2) is 53.5 Å². The van der Waals surface area contributed by atoms with Gasteiger partial charge < -0.3 is 0 Å². The molecule has 1 aliphatic rings. The van der Waals surface area contributed by atoms with Crippen LogP contribution in [0.1, 0.15) is 11.6 Å². The number of nitrogens with zero attached hydrogens (tertiary/aromatic N) is 4. The summed E-state index contributed by atoms with van der Waals surface area (Å²) in [4.78, 5) is 6.63. The molecular formula is C16H15BrN4. The molecule has 1 aromatic carbocycles. The van der Waals surface area contributed by atoms with Gasteiger partial charge in [0.2, 0.25) is 0 Å². The average molecular weight is 343 g/mol. The second-order valence-electron chi connectivity index (χ2n) is 5.52. The van der Waals surface area contributed by atoms with Crippen LogP contribution >= 0.6 is 15.9 Å². The first-order chi connectivity index (χ1) is 10.3. The second-order valence-corrected chi connectivity index (χ2v) is 6.34. The lowest BCUT2D eigenvalue weighted by Gasteiger charge is -2.39. The monoisotopic (exact) mass is 342 g/mol. The highest BCUT2D eigenvalue weighted by molar-refractivity contribution is 9.10. The van der Waals surface area contributed by atoms with Gasteiger partial charge in [0.25, 0.3) is 0 Å². The lowest BCUT2D eigenvalue weighted by Crippen LogP contribution is -2.47. The first-order valence-electron chi connectivity index (χ1n) is 7.03. The van der Waals surface area contributed by atoms with Gasteiger partial charge in [0.15, 0.2) is 0 Å². The Morgan fingerprint density at radius 1 is 1.14 bits per heavy atom. The molecule has 21 heavy (non-hydrogen) atoms. The molecule has 3 heterocycles. The summed E-state index contributed by atoms with van der Waals surface area (Å²) in [5, 5.41) is 6.87. The maximum atomic E-state index is 4.41. The topological polar surface area (TPSA) is 34.0 Å². The van der Waals surface area contributed by atoms with Crippen LogP contribution < -0.4 is 0 Å². The molecule has 2 aromatic heterocycles. The molecule has 4 rings (SSSR count). The number of hydrogen-bond acceptors (Lipinski definition) is 3. The summed E-state index contributed by atoms with van der Waals surface area (Å²) < 4.78 is 2.95. The number of pyridine rings is 1. The molecule has 0 N–H and O–H groups in total. The van der Waals surface area contributed by atoms with Crippen LogP contribution in [0.5, 0.6) is 0 Å². The molecule has 106 valence electrons. The van der Waals surface area contributed by atoms with Crippen LogP contribution in [0.2, 0.25) is 0 Å². The molecule has 0 atom stereocenters. The van der Waals surface area contributed by atoms with Gasteiger partial charge in [-0.15, -0.1) is 0 Å². The van der Waals surface area contributed by atoms with Gasteiger partial charge in [0, 0.05) is 43.6 Å². The molecule has 0 spiro atoms. The highest BCUT2D eigenvalue weighted by Gasteiger charge is 2.28. The van der Waals surface area contributed by atoms with Crippen LogP contribution in [0.4, 0.5) is 0 Å². The van der Waals surface area contributed by atoms with Crippen molar-refractivity contribution in [2.75, 3.05) is 13.1 Å². The van der Waals surface area contributed by atoms with Crippen molar-refractivity contribution in [3.8, 4) is 0 Å². The standard InChI is InChI=1S/C16H15BrN4/c17-16-4-6-21(19-16)15-10-20(11-15)9-12-1-2-13-3-5-18-8-14(13)7-12/h1-8,15H,9-11H2. The fourth-order valence-corrected chi connectivity index (χ4v) is 3.15. The summed E-state index contributed by atoms with van der Waals surface area (Å²) in [5.74, 6) is 0. The van der Waals surface area contributed by atoms with Gasteiger partial charge in [0.05, 0.1) is 6.04 Å². The minimum absolute atomic E-state index is 0.499. The minimum atomic E-state index is 0.499. The number of rotatable bonds is 3. The Morgan fingerprint density at radius 2 is 2.05 bits per heavy atom. The second kappa shape index (κ2) is 5.24. The van der Waals surface area contributed by atoms with Gasteiger partial charge in [-0.2, -0.15) is 5.10 Å². The highest BCUT2D eigenvalue weighted by atomic mass is 79.9. The SMILES string of the molecule is Brc1ccn(C2CN(Cc3ccc4ccncc4c3)C2)n1. The number of fused-ring (bicyclic) bond motifs is 1. The molecule has 0 aliphatic carbocycles. The van der Waals surface area contributed by atoms with Crippen molar-refractivity contribution >= 4 is 26.7 Å². The van der Waals surface area contributed by atoms with Crippen molar-refractivity contribution in [1.29, 1.82) is 0 Å². The zero-order chi connectivity index (χ0) is 14.2. The Morgan fingerprint density at radius 3 is 2.86 bits per heavy atom. The van der Waals surface area contributed by atoms with E-state index in [0.29, 0.717) is 6.04 Å². The predicted molar refractivity (Wildman–Crippen MR) is 86.0 cm³/mol. The Hall–Kier alpha value is -1.72.